The molecule has 1 aliphatic rings. The maximum Gasteiger partial charge on any atom is 0.223 e. The fourth-order valence-electron chi connectivity index (χ4n) is 1.48. The van der Waals surface area contributed by atoms with Crippen molar-refractivity contribution in [2.45, 2.75) is 26.0 Å². The summed E-state index contributed by atoms with van der Waals surface area (Å²) in [5.74, 6) is 0.820. The van der Waals surface area contributed by atoms with Crippen LogP contribution < -0.4 is 5.32 Å². The minimum atomic E-state index is -0.163. The number of amides is 1. The van der Waals surface area contributed by atoms with E-state index in [-0.39, 0.29) is 18.4 Å². The largest absolute Gasteiger partial charge is 0.388 e. The van der Waals surface area contributed by atoms with Gasteiger partial charge in [0.15, 0.2) is 10.6 Å². The van der Waals surface area contributed by atoms with Crippen LogP contribution in [-0.4, -0.2) is 32.3 Å². The summed E-state index contributed by atoms with van der Waals surface area (Å²) in [6.07, 6.45) is 2.00. The van der Waals surface area contributed by atoms with Crippen LogP contribution in [0.5, 0.6) is 0 Å². The second-order valence-corrected chi connectivity index (χ2v) is 4.21. The monoisotopic (exact) mass is 242 g/mol. The molecule has 88 valence electrons. The third-order valence-corrected chi connectivity index (χ3v) is 2.87. The molecular formula is C9H14N4O2S. The molecule has 6 nitrogen and oxygen atoms in total. The summed E-state index contributed by atoms with van der Waals surface area (Å²) >= 11 is 5.00. The zero-order valence-electron chi connectivity index (χ0n) is 8.77. The van der Waals surface area contributed by atoms with Gasteiger partial charge in [0.05, 0.1) is 0 Å². The van der Waals surface area contributed by atoms with Gasteiger partial charge in [-0.1, -0.05) is 0 Å². The van der Waals surface area contributed by atoms with E-state index in [1.165, 1.54) is 0 Å². The number of carbonyl (C=O) groups excluding carboxylic acids is 1. The van der Waals surface area contributed by atoms with Crippen LogP contribution in [-0.2, 0) is 17.9 Å². The number of carbonyl (C=O) groups is 1. The van der Waals surface area contributed by atoms with Gasteiger partial charge in [-0.25, -0.2) is 0 Å². The van der Waals surface area contributed by atoms with E-state index in [9.17, 15) is 4.79 Å². The Labute approximate surface area is 97.7 Å². The molecule has 1 saturated carbocycles. The van der Waals surface area contributed by atoms with Crippen molar-refractivity contribution >= 4 is 18.1 Å². The van der Waals surface area contributed by atoms with Crippen molar-refractivity contribution in [3.63, 3.8) is 0 Å². The normalized spacial score (nSPS) is 15.1. The predicted molar refractivity (Wildman–Crippen MR) is 59.1 cm³/mol. The molecule has 1 aromatic rings. The smallest absolute Gasteiger partial charge is 0.223 e. The number of hydrogen-bond donors (Lipinski definition) is 3. The average molecular weight is 242 g/mol. The van der Waals surface area contributed by atoms with Crippen molar-refractivity contribution in [2.75, 3.05) is 6.54 Å². The van der Waals surface area contributed by atoms with Gasteiger partial charge >= 0.3 is 0 Å². The molecule has 1 aromatic heterocycles. The van der Waals surface area contributed by atoms with E-state index in [1.54, 1.807) is 4.57 Å². The summed E-state index contributed by atoms with van der Waals surface area (Å²) < 4.78 is 2.15. The third kappa shape index (κ3) is 2.48. The first kappa shape index (κ1) is 11.3. The number of aliphatic hydroxyl groups is 1. The van der Waals surface area contributed by atoms with Crippen LogP contribution in [0.1, 0.15) is 18.7 Å². The Morgan fingerprint density at radius 2 is 2.44 bits per heavy atom. The fraction of sp³-hybridized carbons (Fsp3) is 0.667. The fourth-order valence-corrected chi connectivity index (χ4v) is 1.72. The molecular weight excluding hydrogens is 228 g/mol. The Morgan fingerprint density at radius 3 is 3.06 bits per heavy atom. The highest BCUT2D eigenvalue weighted by atomic mass is 32.1. The second kappa shape index (κ2) is 4.75. The predicted octanol–water partition coefficient (Wildman–Crippen LogP) is -0.0408. The SMILES string of the molecule is O=C(NCCn1c(CO)n[nH]c1=S)C1CC1. The Bertz CT molecular complexity index is 435. The van der Waals surface area contributed by atoms with Crippen LogP contribution >= 0.6 is 12.2 Å². The highest BCUT2D eigenvalue weighted by molar-refractivity contribution is 7.71. The lowest BCUT2D eigenvalue weighted by Gasteiger charge is -2.06. The highest BCUT2D eigenvalue weighted by Crippen LogP contribution is 2.28. The number of nitrogens with one attached hydrogen (secondary N) is 2. The van der Waals surface area contributed by atoms with Crippen LogP contribution in [0, 0.1) is 10.7 Å². The van der Waals surface area contributed by atoms with E-state index < -0.39 is 0 Å². The molecule has 0 bridgehead atoms. The van der Waals surface area contributed by atoms with E-state index in [0.717, 1.165) is 12.8 Å². The lowest BCUT2D eigenvalue weighted by molar-refractivity contribution is -0.122. The van der Waals surface area contributed by atoms with Crippen molar-refractivity contribution in [3.8, 4) is 0 Å². The quantitative estimate of drug-likeness (QED) is 0.633. The van der Waals surface area contributed by atoms with Crippen molar-refractivity contribution < 1.29 is 9.90 Å². The molecule has 0 aromatic carbocycles. The standard InChI is InChI=1S/C9H14N4O2S/c14-5-7-11-12-9(16)13(7)4-3-10-8(15)6-1-2-6/h6,14H,1-5H2,(H,10,15)(H,12,16). The van der Waals surface area contributed by atoms with E-state index in [4.69, 9.17) is 17.3 Å². The van der Waals surface area contributed by atoms with Gasteiger partial charge in [-0.2, -0.15) is 5.10 Å². The summed E-state index contributed by atoms with van der Waals surface area (Å²) in [7, 11) is 0. The van der Waals surface area contributed by atoms with E-state index in [1.807, 2.05) is 0 Å². The molecule has 3 N–H and O–H groups in total. The summed E-state index contributed by atoms with van der Waals surface area (Å²) in [5.41, 5.74) is 0. The van der Waals surface area contributed by atoms with Gasteiger partial charge in [0.2, 0.25) is 5.91 Å². The number of aromatic amines is 1. The van der Waals surface area contributed by atoms with Crippen LogP contribution in [0.2, 0.25) is 0 Å². The molecule has 0 unspecified atom stereocenters. The Hall–Kier alpha value is -1.21. The molecule has 0 saturated heterocycles. The highest BCUT2D eigenvalue weighted by Gasteiger charge is 2.29. The molecule has 0 atom stereocenters. The first-order valence-corrected chi connectivity index (χ1v) is 5.66. The van der Waals surface area contributed by atoms with Crippen LogP contribution in [0.3, 0.4) is 0 Å². The van der Waals surface area contributed by atoms with Crippen molar-refractivity contribution in [1.29, 1.82) is 0 Å². The van der Waals surface area contributed by atoms with Crippen LogP contribution in [0.25, 0.3) is 0 Å². The van der Waals surface area contributed by atoms with Crippen molar-refractivity contribution in [3.05, 3.63) is 10.6 Å². The summed E-state index contributed by atoms with van der Waals surface area (Å²) in [6.45, 7) is 0.879. The molecule has 0 spiro atoms. The van der Waals surface area contributed by atoms with Gasteiger partial charge in [-0.05, 0) is 25.1 Å². The third-order valence-electron chi connectivity index (χ3n) is 2.56. The minimum absolute atomic E-state index is 0.112. The van der Waals surface area contributed by atoms with Gasteiger partial charge in [-0.15, -0.1) is 0 Å². The summed E-state index contributed by atoms with van der Waals surface area (Å²) in [4.78, 5) is 11.4. The molecule has 1 fully saturated rings. The number of nitrogens with zero attached hydrogens (tertiary/aromatic N) is 2. The average Bonchev–Trinajstić information content (AvgIpc) is 3.06. The van der Waals surface area contributed by atoms with E-state index in [0.29, 0.717) is 23.7 Å². The molecule has 1 heterocycles. The topological polar surface area (TPSA) is 82.9 Å². The first-order chi connectivity index (χ1) is 7.72. The second-order valence-electron chi connectivity index (χ2n) is 3.82. The maximum atomic E-state index is 11.4. The minimum Gasteiger partial charge on any atom is -0.388 e. The molecule has 16 heavy (non-hydrogen) atoms. The Kier molecular flexibility index (Phi) is 3.35. The summed E-state index contributed by atoms with van der Waals surface area (Å²) in [6, 6.07) is 0. The van der Waals surface area contributed by atoms with E-state index >= 15 is 0 Å². The molecule has 0 aliphatic heterocycles. The lowest BCUT2D eigenvalue weighted by atomic mass is 10.4. The number of hydrogen-bond acceptors (Lipinski definition) is 4. The van der Waals surface area contributed by atoms with Gasteiger partial charge in [0, 0.05) is 19.0 Å². The lowest BCUT2D eigenvalue weighted by Crippen LogP contribution is -2.28. The Morgan fingerprint density at radius 1 is 1.69 bits per heavy atom. The number of aromatic nitrogens is 3. The van der Waals surface area contributed by atoms with Crippen LogP contribution in [0.15, 0.2) is 0 Å². The number of H-pyrrole nitrogens is 1. The van der Waals surface area contributed by atoms with E-state index in [2.05, 4.69) is 15.5 Å². The van der Waals surface area contributed by atoms with Crippen molar-refractivity contribution in [2.24, 2.45) is 5.92 Å². The molecule has 1 aliphatic carbocycles. The van der Waals surface area contributed by atoms with Crippen LogP contribution in [0.4, 0.5) is 0 Å². The first-order valence-electron chi connectivity index (χ1n) is 5.25. The van der Waals surface area contributed by atoms with Gasteiger partial charge in [0.1, 0.15) is 6.61 Å². The number of rotatable bonds is 5. The van der Waals surface area contributed by atoms with Gasteiger partial charge < -0.3 is 15.0 Å². The van der Waals surface area contributed by atoms with Gasteiger partial charge in [-0.3, -0.25) is 9.89 Å². The van der Waals surface area contributed by atoms with Crippen molar-refractivity contribution in [1.82, 2.24) is 20.1 Å². The zero-order valence-corrected chi connectivity index (χ0v) is 9.59. The molecule has 0 radical (unpaired) electrons. The molecule has 2 rings (SSSR count). The maximum absolute atomic E-state index is 11.4. The van der Waals surface area contributed by atoms with Gasteiger partial charge in [0.25, 0.3) is 0 Å². The zero-order chi connectivity index (χ0) is 11.5. The number of aliphatic hydroxyl groups excluding tert-OH is 1. The summed E-state index contributed by atoms with van der Waals surface area (Å²) in [5, 5.41) is 18.3. The molecule has 1 amide bonds. The molecule has 7 heteroatoms. The Balaban J connectivity index is 1.86.